The summed E-state index contributed by atoms with van der Waals surface area (Å²) < 4.78 is 30.2. The maximum atomic E-state index is 11.7. The van der Waals surface area contributed by atoms with Gasteiger partial charge >= 0.3 is 5.97 Å². The zero-order valence-corrected chi connectivity index (χ0v) is 11.6. The number of hydrogen-bond acceptors (Lipinski definition) is 5. The highest BCUT2D eigenvalue weighted by atomic mass is 32.2. The number of ether oxygens (including phenoxy) is 1. The molecule has 1 N–H and O–H groups in total. The Morgan fingerprint density at radius 1 is 1.44 bits per heavy atom. The Morgan fingerprint density at radius 2 is 2.17 bits per heavy atom. The molecule has 0 aromatic heterocycles. The highest BCUT2D eigenvalue weighted by molar-refractivity contribution is 7.88. The monoisotopic (exact) mass is 276 g/mol. The van der Waals surface area contributed by atoms with Gasteiger partial charge in [0.05, 0.1) is 6.26 Å². The molecule has 7 heteroatoms. The molecule has 0 saturated carbocycles. The van der Waals surface area contributed by atoms with Crippen LogP contribution in [0.3, 0.4) is 0 Å². The molecule has 2 heterocycles. The number of carbonyl (C=O) groups is 1. The number of likely N-dealkylation sites (tertiary alicyclic amines) is 1. The number of cyclic esters (lactones) is 1. The van der Waals surface area contributed by atoms with Crippen molar-refractivity contribution in [1.82, 2.24) is 9.62 Å². The van der Waals surface area contributed by atoms with Crippen LogP contribution in [-0.2, 0) is 19.6 Å². The van der Waals surface area contributed by atoms with Crippen LogP contribution in [0.15, 0.2) is 0 Å². The number of carbonyl (C=O) groups excluding carboxylic acids is 1. The lowest BCUT2D eigenvalue weighted by atomic mass is 10.0. The fraction of sp³-hybridized carbons (Fsp3) is 0.909. The van der Waals surface area contributed by atoms with Crippen LogP contribution in [0.25, 0.3) is 0 Å². The first-order valence-corrected chi connectivity index (χ1v) is 8.16. The Balaban J connectivity index is 1.96. The summed E-state index contributed by atoms with van der Waals surface area (Å²) in [6.07, 6.45) is 3.54. The maximum absolute atomic E-state index is 11.7. The first-order chi connectivity index (χ1) is 8.35. The van der Waals surface area contributed by atoms with Crippen LogP contribution >= 0.6 is 0 Å². The molecule has 0 unspecified atom stereocenters. The van der Waals surface area contributed by atoms with Gasteiger partial charge in [-0.25, -0.2) is 13.1 Å². The summed E-state index contributed by atoms with van der Waals surface area (Å²) >= 11 is 0. The second kappa shape index (κ2) is 5.14. The van der Waals surface area contributed by atoms with Crippen molar-refractivity contribution in [2.75, 3.05) is 19.3 Å². The minimum Gasteiger partial charge on any atom is -0.461 e. The molecule has 0 aromatic rings. The summed E-state index contributed by atoms with van der Waals surface area (Å²) in [5.74, 6) is -0.178. The molecule has 0 amide bonds. The number of nitrogens with one attached hydrogen (secondary N) is 1. The van der Waals surface area contributed by atoms with Gasteiger partial charge in [0.2, 0.25) is 10.0 Å². The van der Waals surface area contributed by atoms with Crippen LogP contribution in [0.2, 0.25) is 0 Å². The van der Waals surface area contributed by atoms with Gasteiger partial charge in [0.1, 0.15) is 12.1 Å². The Bertz CT molecular complexity index is 423. The molecule has 2 rings (SSSR count). The minimum atomic E-state index is -3.19. The third-order valence-electron chi connectivity index (χ3n) is 3.42. The zero-order valence-electron chi connectivity index (χ0n) is 10.8. The van der Waals surface area contributed by atoms with E-state index in [1.54, 1.807) is 0 Å². The molecule has 0 spiro atoms. The van der Waals surface area contributed by atoms with Crippen molar-refractivity contribution in [3.8, 4) is 0 Å². The van der Waals surface area contributed by atoms with E-state index >= 15 is 0 Å². The van der Waals surface area contributed by atoms with E-state index in [0.29, 0.717) is 13.0 Å². The summed E-state index contributed by atoms with van der Waals surface area (Å²) in [4.78, 5) is 13.7. The lowest BCUT2D eigenvalue weighted by molar-refractivity contribution is -0.145. The van der Waals surface area contributed by atoms with Crippen LogP contribution in [0, 0.1) is 0 Å². The molecule has 18 heavy (non-hydrogen) atoms. The van der Waals surface area contributed by atoms with Crippen molar-refractivity contribution in [2.24, 2.45) is 0 Å². The lowest BCUT2D eigenvalue weighted by Crippen LogP contribution is -2.51. The molecule has 104 valence electrons. The van der Waals surface area contributed by atoms with Gasteiger partial charge in [-0.15, -0.1) is 0 Å². The number of hydrogen-bond donors (Lipinski definition) is 1. The number of esters is 1. The molecule has 0 aromatic carbocycles. The molecule has 2 aliphatic heterocycles. The fourth-order valence-electron chi connectivity index (χ4n) is 2.72. The van der Waals surface area contributed by atoms with Crippen molar-refractivity contribution in [2.45, 2.75) is 44.4 Å². The Labute approximate surface area is 108 Å². The molecule has 0 radical (unpaired) electrons. The average molecular weight is 276 g/mol. The minimum absolute atomic E-state index is 0.0363. The van der Waals surface area contributed by atoms with Gasteiger partial charge in [0, 0.05) is 19.0 Å². The quantitative estimate of drug-likeness (QED) is 0.717. The Hall–Kier alpha value is -0.660. The van der Waals surface area contributed by atoms with E-state index in [-0.39, 0.29) is 24.2 Å². The van der Waals surface area contributed by atoms with E-state index < -0.39 is 10.0 Å². The molecule has 6 nitrogen and oxygen atoms in total. The van der Waals surface area contributed by atoms with Gasteiger partial charge in [-0.05, 0) is 26.3 Å². The second-order valence-corrected chi connectivity index (χ2v) is 7.00. The number of piperidine rings is 1. The Morgan fingerprint density at radius 3 is 2.72 bits per heavy atom. The molecule has 3 atom stereocenters. The van der Waals surface area contributed by atoms with E-state index in [2.05, 4.69) is 4.72 Å². The van der Waals surface area contributed by atoms with Crippen LogP contribution in [0.4, 0.5) is 0 Å². The normalized spacial score (nSPS) is 34.6. The van der Waals surface area contributed by atoms with Crippen molar-refractivity contribution in [1.29, 1.82) is 0 Å². The van der Waals surface area contributed by atoms with E-state index in [0.717, 1.165) is 25.6 Å². The molecular formula is C11H20N2O4S. The SMILES string of the molecule is C[C@@H]1C[C@H](N2CCC[C@H](NS(C)(=O)=O)C2)C(=O)O1. The number of rotatable bonds is 3. The van der Waals surface area contributed by atoms with Crippen molar-refractivity contribution in [3.05, 3.63) is 0 Å². The van der Waals surface area contributed by atoms with Gasteiger partial charge < -0.3 is 4.74 Å². The van der Waals surface area contributed by atoms with Gasteiger partial charge in [-0.3, -0.25) is 9.69 Å². The molecule has 0 bridgehead atoms. The standard InChI is InChI=1S/C11H20N2O4S/c1-8-6-10(11(14)17-8)13-5-3-4-9(7-13)12-18(2,15)16/h8-10,12H,3-7H2,1-2H3/t8-,9+,10+/m1/s1. The molecule has 0 aliphatic carbocycles. The van der Waals surface area contributed by atoms with Gasteiger partial charge in [0.25, 0.3) is 0 Å². The Kier molecular flexibility index (Phi) is 3.93. The summed E-state index contributed by atoms with van der Waals surface area (Å²) in [5.41, 5.74) is 0. The molecule has 2 aliphatic rings. The third kappa shape index (κ3) is 3.43. The smallest absolute Gasteiger partial charge is 0.323 e. The van der Waals surface area contributed by atoms with Crippen LogP contribution in [0.5, 0.6) is 0 Å². The van der Waals surface area contributed by atoms with Crippen molar-refractivity contribution in [3.63, 3.8) is 0 Å². The predicted octanol–water partition coefficient (Wildman–Crippen LogP) is -0.296. The van der Waals surface area contributed by atoms with E-state index in [1.807, 2.05) is 11.8 Å². The van der Waals surface area contributed by atoms with Gasteiger partial charge in [0.15, 0.2) is 0 Å². The summed E-state index contributed by atoms with van der Waals surface area (Å²) in [6, 6.07) is -0.304. The number of nitrogens with zero attached hydrogens (tertiary/aromatic N) is 1. The van der Waals surface area contributed by atoms with Crippen molar-refractivity contribution >= 4 is 16.0 Å². The summed E-state index contributed by atoms with van der Waals surface area (Å²) in [5, 5.41) is 0. The van der Waals surface area contributed by atoms with Gasteiger partial charge in [-0.2, -0.15) is 0 Å². The molecular weight excluding hydrogens is 256 g/mol. The highest BCUT2D eigenvalue weighted by Gasteiger charge is 2.38. The summed E-state index contributed by atoms with van der Waals surface area (Å²) in [7, 11) is -3.19. The average Bonchev–Trinajstić information content (AvgIpc) is 2.55. The fourth-order valence-corrected chi connectivity index (χ4v) is 3.52. The first-order valence-electron chi connectivity index (χ1n) is 6.27. The van der Waals surface area contributed by atoms with Crippen LogP contribution < -0.4 is 4.72 Å². The van der Waals surface area contributed by atoms with E-state index in [4.69, 9.17) is 4.74 Å². The number of sulfonamides is 1. The highest BCUT2D eigenvalue weighted by Crippen LogP contribution is 2.23. The van der Waals surface area contributed by atoms with Crippen LogP contribution in [0.1, 0.15) is 26.2 Å². The predicted molar refractivity (Wildman–Crippen MR) is 66.5 cm³/mol. The summed E-state index contributed by atoms with van der Waals surface area (Å²) in [6.45, 7) is 3.29. The largest absolute Gasteiger partial charge is 0.461 e. The lowest BCUT2D eigenvalue weighted by Gasteiger charge is -2.34. The first kappa shape index (κ1) is 13.8. The maximum Gasteiger partial charge on any atom is 0.323 e. The zero-order chi connectivity index (χ0) is 13.3. The van der Waals surface area contributed by atoms with Crippen LogP contribution in [-0.4, -0.2) is 56.8 Å². The van der Waals surface area contributed by atoms with Crippen molar-refractivity contribution < 1.29 is 17.9 Å². The van der Waals surface area contributed by atoms with E-state index in [9.17, 15) is 13.2 Å². The molecule has 2 fully saturated rings. The second-order valence-electron chi connectivity index (χ2n) is 5.22. The molecule has 2 saturated heterocycles. The van der Waals surface area contributed by atoms with E-state index in [1.165, 1.54) is 0 Å². The third-order valence-corrected chi connectivity index (χ3v) is 4.18. The topological polar surface area (TPSA) is 75.7 Å². The van der Waals surface area contributed by atoms with Gasteiger partial charge in [-0.1, -0.05) is 0 Å².